The average Bonchev–Trinajstić information content (AvgIpc) is 3.16. The van der Waals surface area contributed by atoms with E-state index >= 15 is 0 Å². The number of hydrogen-bond donors (Lipinski definition) is 1. The highest BCUT2D eigenvalue weighted by Gasteiger charge is 2.36. The van der Waals surface area contributed by atoms with Gasteiger partial charge in [-0.25, -0.2) is 4.98 Å². The lowest BCUT2D eigenvalue weighted by molar-refractivity contribution is -0.123. The van der Waals surface area contributed by atoms with E-state index in [4.69, 9.17) is 0 Å². The Kier molecular flexibility index (Phi) is 7.18. The molecule has 1 atom stereocenters. The molecule has 1 fully saturated rings. The summed E-state index contributed by atoms with van der Waals surface area (Å²) in [7, 11) is 0. The zero-order chi connectivity index (χ0) is 23.4. The standard InChI is InChI=1S/C26H30N4O2S/c1-17-11-13-22(14-12-17)30(26(32)24-18(2)28-19(3)33-24)23(20-8-7-15-27-16-20)25(31)29-21-9-5-4-6-10-21/h7-8,11-16,21,23H,4-6,9-10H2,1-3H3,(H,29,31). The lowest BCUT2D eigenvalue weighted by Gasteiger charge is -2.33. The van der Waals surface area contributed by atoms with Crippen LogP contribution in [0.2, 0.25) is 0 Å². The molecule has 4 rings (SSSR count). The van der Waals surface area contributed by atoms with Crippen molar-refractivity contribution in [1.82, 2.24) is 15.3 Å². The van der Waals surface area contributed by atoms with Gasteiger partial charge in [0.1, 0.15) is 10.9 Å². The number of nitrogens with zero attached hydrogens (tertiary/aromatic N) is 3. The van der Waals surface area contributed by atoms with Crippen molar-refractivity contribution in [3.8, 4) is 0 Å². The maximum atomic E-state index is 14.0. The van der Waals surface area contributed by atoms with Crippen molar-refractivity contribution in [2.45, 2.75) is 65.0 Å². The summed E-state index contributed by atoms with van der Waals surface area (Å²) < 4.78 is 0. The van der Waals surface area contributed by atoms with Gasteiger partial charge in [0.25, 0.3) is 5.91 Å². The number of rotatable bonds is 6. The molecule has 0 aliphatic heterocycles. The molecule has 0 radical (unpaired) electrons. The van der Waals surface area contributed by atoms with Crippen LogP contribution in [-0.2, 0) is 4.79 Å². The van der Waals surface area contributed by atoms with Gasteiger partial charge < -0.3 is 5.32 Å². The van der Waals surface area contributed by atoms with E-state index in [2.05, 4.69) is 15.3 Å². The summed E-state index contributed by atoms with van der Waals surface area (Å²) >= 11 is 1.36. The van der Waals surface area contributed by atoms with Crippen molar-refractivity contribution < 1.29 is 9.59 Å². The van der Waals surface area contributed by atoms with Gasteiger partial charge in [0.15, 0.2) is 0 Å². The van der Waals surface area contributed by atoms with Crippen LogP contribution in [0.1, 0.15) is 69.6 Å². The monoisotopic (exact) mass is 462 g/mol. The Bertz CT molecular complexity index is 1110. The molecule has 2 amide bonds. The SMILES string of the molecule is Cc1ccc(N(C(=O)c2sc(C)nc2C)C(C(=O)NC2CCCCC2)c2cccnc2)cc1. The Hall–Kier alpha value is -3.06. The molecule has 3 aromatic rings. The molecular weight excluding hydrogens is 432 g/mol. The Morgan fingerprint density at radius 2 is 1.79 bits per heavy atom. The third-order valence-corrected chi connectivity index (χ3v) is 7.15. The van der Waals surface area contributed by atoms with Crippen molar-refractivity contribution in [3.63, 3.8) is 0 Å². The zero-order valence-corrected chi connectivity index (χ0v) is 20.2. The van der Waals surface area contributed by atoms with E-state index in [1.54, 1.807) is 23.4 Å². The number of aryl methyl sites for hydroxylation is 3. The molecule has 1 unspecified atom stereocenters. The number of amides is 2. The summed E-state index contributed by atoms with van der Waals surface area (Å²) in [6, 6.07) is 10.7. The number of anilines is 1. The van der Waals surface area contributed by atoms with Crippen LogP contribution in [0.15, 0.2) is 48.8 Å². The van der Waals surface area contributed by atoms with Gasteiger partial charge in [-0.3, -0.25) is 19.5 Å². The van der Waals surface area contributed by atoms with Gasteiger partial charge in [-0.1, -0.05) is 43.0 Å². The van der Waals surface area contributed by atoms with Crippen molar-refractivity contribution in [1.29, 1.82) is 0 Å². The molecule has 2 heterocycles. The van der Waals surface area contributed by atoms with Crippen molar-refractivity contribution in [3.05, 3.63) is 75.5 Å². The van der Waals surface area contributed by atoms with E-state index in [0.29, 0.717) is 21.8 Å². The minimum Gasteiger partial charge on any atom is -0.351 e. The summed E-state index contributed by atoms with van der Waals surface area (Å²) in [5.41, 5.74) is 3.11. The molecule has 1 N–H and O–H groups in total. The Morgan fingerprint density at radius 3 is 2.39 bits per heavy atom. The normalized spacial score (nSPS) is 15.1. The molecule has 2 aromatic heterocycles. The van der Waals surface area contributed by atoms with Gasteiger partial charge in [-0.05, 0) is 51.8 Å². The fourth-order valence-electron chi connectivity index (χ4n) is 4.41. The maximum Gasteiger partial charge on any atom is 0.271 e. The van der Waals surface area contributed by atoms with Gasteiger partial charge in [0.2, 0.25) is 5.91 Å². The first kappa shape index (κ1) is 23.1. The molecule has 7 heteroatoms. The Labute approximate surface area is 199 Å². The molecule has 0 spiro atoms. The summed E-state index contributed by atoms with van der Waals surface area (Å²) in [6.45, 7) is 5.73. The molecular formula is C26H30N4O2S. The van der Waals surface area contributed by atoms with Gasteiger partial charge in [0, 0.05) is 29.7 Å². The zero-order valence-electron chi connectivity index (χ0n) is 19.4. The predicted molar refractivity (Wildman–Crippen MR) is 132 cm³/mol. The molecule has 1 aliphatic carbocycles. The number of thiazole rings is 1. The summed E-state index contributed by atoms with van der Waals surface area (Å²) in [4.78, 5) is 38.6. The highest BCUT2D eigenvalue weighted by atomic mass is 32.1. The molecule has 1 aliphatic rings. The van der Waals surface area contributed by atoms with Crippen LogP contribution in [-0.4, -0.2) is 27.8 Å². The highest BCUT2D eigenvalue weighted by Crippen LogP contribution is 2.32. The maximum absolute atomic E-state index is 14.0. The number of benzene rings is 1. The van der Waals surface area contributed by atoms with Gasteiger partial charge >= 0.3 is 0 Å². The largest absolute Gasteiger partial charge is 0.351 e. The minimum absolute atomic E-state index is 0.132. The smallest absolute Gasteiger partial charge is 0.271 e. The van der Waals surface area contributed by atoms with Crippen LogP contribution in [0, 0.1) is 20.8 Å². The lowest BCUT2D eigenvalue weighted by Crippen LogP contribution is -2.47. The van der Waals surface area contributed by atoms with Gasteiger partial charge in [0.05, 0.1) is 10.7 Å². The Morgan fingerprint density at radius 1 is 1.06 bits per heavy atom. The summed E-state index contributed by atoms with van der Waals surface area (Å²) in [5, 5.41) is 4.06. The first-order chi connectivity index (χ1) is 15.9. The first-order valence-corrected chi connectivity index (χ1v) is 12.3. The van der Waals surface area contributed by atoms with E-state index in [1.807, 2.05) is 51.1 Å². The molecule has 0 bridgehead atoms. The molecule has 1 aromatic carbocycles. The van der Waals surface area contributed by atoms with E-state index in [9.17, 15) is 9.59 Å². The van der Waals surface area contributed by atoms with Crippen LogP contribution in [0.5, 0.6) is 0 Å². The Balaban J connectivity index is 1.79. The second kappa shape index (κ2) is 10.3. The van der Waals surface area contributed by atoms with Crippen LogP contribution < -0.4 is 10.2 Å². The molecule has 0 saturated heterocycles. The van der Waals surface area contributed by atoms with Crippen LogP contribution in [0.25, 0.3) is 0 Å². The second-order valence-corrected chi connectivity index (χ2v) is 9.89. The summed E-state index contributed by atoms with van der Waals surface area (Å²) in [5.74, 6) is -0.405. The minimum atomic E-state index is -0.836. The lowest BCUT2D eigenvalue weighted by atomic mass is 9.94. The number of aromatic nitrogens is 2. The van der Waals surface area contributed by atoms with E-state index in [-0.39, 0.29) is 17.9 Å². The van der Waals surface area contributed by atoms with Gasteiger partial charge in [-0.2, -0.15) is 0 Å². The molecule has 1 saturated carbocycles. The van der Waals surface area contributed by atoms with E-state index in [1.165, 1.54) is 17.8 Å². The second-order valence-electron chi connectivity index (χ2n) is 8.69. The van der Waals surface area contributed by atoms with Crippen LogP contribution in [0.3, 0.4) is 0 Å². The summed E-state index contributed by atoms with van der Waals surface area (Å²) in [6.07, 6.45) is 8.72. The molecule has 6 nitrogen and oxygen atoms in total. The number of carbonyl (C=O) groups excluding carboxylic acids is 2. The molecule has 172 valence electrons. The topological polar surface area (TPSA) is 75.2 Å². The van der Waals surface area contributed by atoms with Crippen molar-refractivity contribution in [2.24, 2.45) is 0 Å². The quantitative estimate of drug-likeness (QED) is 0.539. The molecule has 33 heavy (non-hydrogen) atoms. The van der Waals surface area contributed by atoms with E-state index in [0.717, 1.165) is 36.3 Å². The number of nitrogens with one attached hydrogen (secondary N) is 1. The fraction of sp³-hybridized carbons (Fsp3) is 0.385. The highest BCUT2D eigenvalue weighted by molar-refractivity contribution is 7.13. The average molecular weight is 463 g/mol. The fourth-order valence-corrected chi connectivity index (χ4v) is 5.27. The number of pyridine rings is 1. The third kappa shape index (κ3) is 5.30. The van der Waals surface area contributed by atoms with Crippen molar-refractivity contribution in [2.75, 3.05) is 4.90 Å². The third-order valence-electron chi connectivity index (χ3n) is 6.09. The van der Waals surface area contributed by atoms with E-state index < -0.39 is 6.04 Å². The van der Waals surface area contributed by atoms with Crippen LogP contribution in [0.4, 0.5) is 5.69 Å². The number of carbonyl (C=O) groups is 2. The van der Waals surface area contributed by atoms with Crippen LogP contribution >= 0.6 is 11.3 Å². The van der Waals surface area contributed by atoms with Crippen molar-refractivity contribution >= 4 is 28.8 Å². The first-order valence-electron chi connectivity index (χ1n) is 11.5. The predicted octanol–water partition coefficient (Wildman–Crippen LogP) is 5.30. The van der Waals surface area contributed by atoms with Gasteiger partial charge in [-0.15, -0.1) is 11.3 Å². The number of hydrogen-bond acceptors (Lipinski definition) is 5.